The van der Waals surface area contributed by atoms with Crippen LogP contribution in [-0.2, 0) is 21.3 Å². The van der Waals surface area contributed by atoms with Crippen LogP contribution >= 0.6 is 0 Å². The number of nitrogen functional groups attached to an aromatic ring is 1. The number of H-pyrrole nitrogens is 1. The summed E-state index contributed by atoms with van der Waals surface area (Å²) in [6.07, 6.45) is 4.30. The zero-order chi connectivity index (χ0) is 26.9. The third kappa shape index (κ3) is 5.04. The Balaban J connectivity index is 1.46. The molecule has 4 N–H and O–H groups in total. The van der Waals surface area contributed by atoms with Crippen molar-refractivity contribution in [1.29, 1.82) is 0 Å². The lowest BCUT2D eigenvalue weighted by atomic mass is 10.1. The number of methoxy groups -OCH3 is 1. The predicted molar refractivity (Wildman–Crippen MR) is 150 cm³/mol. The van der Waals surface area contributed by atoms with Crippen LogP contribution in [0.5, 0.6) is 5.75 Å². The molecule has 0 amide bonds. The van der Waals surface area contributed by atoms with E-state index >= 15 is 0 Å². The van der Waals surface area contributed by atoms with Crippen LogP contribution in [-0.4, -0.2) is 70.1 Å². The van der Waals surface area contributed by atoms with Gasteiger partial charge in [-0.15, -0.1) is 0 Å². The average molecular weight is 538 g/mol. The number of aromatic amines is 1. The largest absolute Gasteiger partial charge is 0.496 e. The molecule has 1 saturated heterocycles. The molecule has 0 aliphatic carbocycles. The zero-order valence-corrected chi connectivity index (χ0v) is 22.4. The Morgan fingerprint density at radius 3 is 2.74 bits per heavy atom. The Hall–Kier alpha value is -4.03. The summed E-state index contributed by atoms with van der Waals surface area (Å²) in [5.41, 5.74) is 11.7. The first kappa shape index (κ1) is 25.6. The number of anilines is 4. The fourth-order valence-electron chi connectivity index (χ4n) is 4.55. The molecule has 12 heteroatoms. The third-order valence-corrected chi connectivity index (χ3v) is 7.83. The molecule has 4 aromatic rings. The Morgan fingerprint density at radius 1 is 1.21 bits per heavy atom. The second kappa shape index (κ2) is 10.4. The normalized spacial score (nSPS) is 14.0. The fourth-order valence-corrected chi connectivity index (χ4v) is 5.02. The van der Waals surface area contributed by atoms with Gasteiger partial charge >= 0.3 is 0 Å². The van der Waals surface area contributed by atoms with Gasteiger partial charge in [-0.05, 0) is 24.3 Å². The van der Waals surface area contributed by atoms with Gasteiger partial charge in [-0.3, -0.25) is 4.31 Å². The van der Waals surface area contributed by atoms with Crippen molar-refractivity contribution in [1.82, 2.24) is 15.0 Å². The number of nitrogens with one attached hydrogen (secondary N) is 2. The lowest BCUT2D eigenvalue weighted by Crippen LogP contribution is -2.36. The number of aromatic nitrogens is 3. The summed E-state index contributed by atoms with van der Waals surface area (Å²) in [6, 6.07) is 11.7. The molecule has 0 saturated carbocycles. The molecule has 0 atom stereocenters. The van der Waals surface area contributed by atoms with Crippen molar-refractivity contribution in [2.24, 2.45) is 0 Å². The lowest BCUT2D eigenvalue weighted by Gasteiger charge is -2.29. The van der Waals surface area contributed by atoms with Crippen molar-refractivity contribution in [2.45, 2.75) is 6.54 Å². The number of pyridine rings is 2. The van der Waals surface area contributed by atoms with Gasteiger partial charge < -0.3 is 30.4 Å². The minimum Gasteiger partial charge on any atom is -0.496 e. The molecular formula is C26H31N7O4S. The lowest BCUT2D eigenvalue weighted by molar-refractivity contribution is 0.122. The standard InChI is InChI=1S/C26H31N7O4S/c1-32(38(3,34)35)26-17(5-4-8-28-26)15-29-24-20-14-22(31-25(20)30-16-21(24)27)19-7-6-18(13-23(19)36-2)33-9-11-37-12-10-33/h4-8,13-14,16H,9-12,15,27H2,1-3H3,(H2,29,30,31). The van der Waals surface area contributed by atoms with Crippen LogP contribution in [0.15, 0.2) is 48.8 Å². The van der Waals surface area contributed by atoms with E-state index in [-0.39, 0.29) is 0 Å². The summed E-state index contributed by atoms with van der Waals surface area (Å²) in [5, 5.41) is 4.17. The van der Waals surface area contributed by atoms with Gasteiger partial charge in [-0.1, -0.05) is 6.07 Å². The zero-order valence-electron chi connectivity index (χ0n) is 21.6. The smallest absolute Gasteiger partial charge is 0.233 e. The van der Waals surface area contributed by atoms with Crippen LogP contribution in [0.1, 0.15) is 5.56 Å². The van der Waals surface area contributed by atoms with E-state index in [1.807, 2.05) is 24.3 Å². The Morgan fingerprint density at radius 2 is 2.00 bits per heavy atom. The monoisotopic (exact) mass is 537 g/mol. The van der Waals surface area contributed by atoms with Gasteiger partial charge in [0.15, 0.2) is 0 Å². The number of hydrogen-bond acceptors (Lipinski definition) is 9. The first-order valence-electron chi connectivity index (χ1n) is 12.2. The number of ether oxygens (including phenoxy) is 2. The van der Waals surface area contributed by atoms with Crippen LogP contribution < -0.4 is 25.0 Å². The predicted octanol–water partition coefficient (Wildman–Crippen LogP) is 3.06. The number of hydrogen-bond donors (Lipinski definition) is 3. The van der Waals surface area contributed by atoms with Gasteiger partial charge in [0.1, 0.15) is 17.2 Å². The van der Waals surface area contributed by atoms with Gasteiger partial charge in [0.25, 0.3) is 0 Å². The number of sulfonamides is 1. The minimum atomic E-state index is -3.47. The number of morpholine rings is 1. The Bertz CT molecular complexity index is 1570. The van der Waals surface area contributed by atoms with E-state index in [0.717, 1.165) is 51.7 Å². The van der Waals surface area contributed by atoms with Gasteiger partial charge in [-0.2, -0.15) is 0 Å². The summed E-state index contributed by atoms with van der Waals surface area (Å²) >= 11 is 0. The Kier molecular flexibility index (Phi) is 7.00. The summed E-state index contributed by atoms with van der Waals surface area (Å²) in [5.74, 6) is 1.10. The topological polar surface area (TPSA) is 139 Å². The summed E-state index contributed by atoms with van der Waals surface area (Å²) in [7, 11) is -0.324. The number of nitrogens with zero attached hydrogens (tertiary/aromatic N) is 4. The van der Waals surface area contributed by atoms with E-state index in [1.165, 1.54) is 7.05 Å². The molecule has 3 aromatic heterocycles. The first-order valence-corrected chi connectivity index (χ1v) is 14.0. The van der Waals surface area contributed by atoms with Gasteiger partial charge in [0.2, 0.25) is 10.0 Å². The highest BCUT2D eigenvalue weighted by molar-refractivity contribution is 7.92. The van der Waals surface area contributed by atoms with E-state index in [1.54, 1.807) is 25.6 Å². The molecular weight excluding hydrogens is 506 g/mol. The molecule has 0 spiro atoms. The van der Waals surface area contributed by atoms with Crippen LogP contribution in [0, 0.1) is 0 Å². The molecule has 11 nitrogen and oxygen atoms in total. The molecule has 4 heterocycles. The second-order valence-corrected chi connectivity index (χ2v) is 11.1. The van der Waals surface area contributed by atoms with Crippen LogP contribution in [0.25, 0.3) is 22.3 Å². The van der Waals surface area contributed by atoms with Crippen molar-refractivity contribution in [3.8, 4) is 17.0 Å². The van der Waals surface area contributed by atoms with E-state index < -0.39 is 10.0 Å². The maximum Gasteiger partial charge on any atom is 0.233 e. The van der Waals surface area contributed by atoms with Crippen molar-refractivity contribution in [2.75, 3.05) is 67.0 Å². The molecule has 200 valence electrons. The van der Waals surface area contributed by atoms with Gasteiger partial charge in [-0.25, -0.2) is 18.4 Å². The van der Waals surface area contributed by atoms with Gasteiger partial charge in [0.05, 0.1) is 49.8 Å². The number of nitrogens with two attached hydrogens (primary N) is 1. The van der Waals surface area contributed by atoms with E-state index in [4.69, 9.17) is 15.2 Å². The molecule has 0 unspecified atom stereocenters. The number of rotatable bonds is 8. The summed E-state index contributed by atoms with van der Waals surface area (Å²) < 4.78 is 36.6. The number of fused-ring (bicyclic) bond motifs is 1. The highest BCUT2D eigenvalue weighted by Gasteiger charge is 2.19. The van der Waals surface area contributed by atoms with E-state index in [0.29, 0.717) is 48.2 Å². The highest BCUT2D eigenvalue weighted by atomic mass is 32.2. The molecule has 5 rings (SSSR count). The SMILES string of the molecule is COc1cc(N2CCOCC2)ccc1-c1cc2c(NCc3cccnc3N(C)S(C)(=O)=O)c(N)cnc2[nH]1. The summed E-state index contributed by atoms with van der Waals surface area (Å²) in [4.78, 5) is 14.4. The molecule has 1 fully saturated rings. The molecule has 1 aromatic carbocycles. The fraction of sp³-hybridized carbons (Fsp3) is 0.308. The first-order chi connectivity index (χ1) is 18.3. The molecule has 0 radical (unpaired) electrons. The maximum absolute atomic E-state index is 12.1. The minimum absolute atomic E-state index is 0.310. The Labute approximate surface area is 221 Å². The van der Waals surface area contributed by atoms with Crippen molar-refractivity contribution >= 4 is 43.9 Å². The molecule has 0 bridgehead atoms. The second-order valence-electron chi connectivity index (χ2n) is 9.09. The number of benzene rings is 1. The van der Waals surface area contributed by atoms with Crippen molar-refractivity contribution < 1.29 is 17.9 Å². The molecule has 38 heavy (non-hydrogen) atoms. The van der Waals surface area contributed by atoms with Crippen molar-refractivity contribution in [3.63, 3.8) is 0 Å². The van der Waals surface area contributed by atoms with E-state index in [9.17, 15) is 8.42 Å². The average Bonchev–Trinajstić information content (AvgIpc) is 3.36. The van der Waals surface area contributed by atoms with Gasteiger partial charge in [0, 0.05) is 61.1 Å². The van der Waals surface area contributed by atoms with E-state index in [2.05, 4.69) is 31.2 Å². The maximum atomic E-state index is 12.1. The third-order valence-electron chi connectivity index (χ3n) is 6.66. The summed E-state index contributed by atoms with van der Waals surface area (Å²) in [6.45, 7) is 3.40. The molecule has 1 aliphatic rings. The van der Waals surface area contributed by atoms with Crippen LogP contribution in [0.2, 0.25) is 0 Å². The van der Waals surface area contributed by atoms with Crippen LogP contribution in [0.3, 0.4) is 0 Å². The highest BCUT2D eigenvalue weighted by Crippen LogP contribution is 2.37. The van der Waals surface area contributed by atoms with Crippen LogP contribution in [0.4, 0.5) is 22.9 Å². The quantitative estimate of drug-likeness (QED) is 0.309. The van der Waals surface area contributed by atoms with Crippen molar-refractivity contribution in [3.05, 3.63) is 54.4 Å². The molecule has 1 aliphatic heterocycles.